The predicted octanol–water partition coefficient (Wildman–Crippen LogP) is 5.29. The van der Waals surface area contributed by atoms with Crippen molar-refractivity contribution in [1.29, 1.82) is 0 Å². The molecule has 0 bridgehead atoms. The Labute approximate surface area is 200 Å². The van der Waals surface area contributed by atoms with Crippen LogP contribution in [-0.2, 0) is 0 Å². The third-order valence-electron chi connectivity index (χ3n) is 5.79. The number of benzene rings is 3. The first kappa shape index (κ1) is 22.1. The molecule has 9 heteroatoms. The summed E-state index contributed by atoms with van der Waals surface area (Å²) in [5.41, 5.74) is 2.97. The number of methoxy groups -OCH3 is 1. The molecular weight excluding hydrogens is 451 g/mol. The smallest absolute Gasteiger partial charge is 0.326 e. The highest BCUT2D eigenvalue weighted by molar-refractivity contribution is 6.01. The average Bonchev–Trinajstić information content (AvgIpc) is 3.34. The molecule has 1 aliphatic rings. The van der Waals surface area contributed by atoms with Gasteiger partial charge in [-0.25, -0.2) is 9.18 Å². The van der Waals surface area contributed by atoms with Crippen LogP contribution in [0.15, 0.2) is 83.0 Å². The summed E-state index contributed by atoms with van der Waals surface area (Å²) in [5, 5.41) is 17.4. The second-order valence-electron chi connectivity index (χ2n) is 7.91. The van der Waals surface area contributed by atoms with Crippen molar-refractivity contribution < 1.29 is 23.6 Å². The molecular formula is C26H21FN4O4. The van der Waals surface area contributed by atoms with Crippen LogP contribution in [0.1, 0.15) is 24.4 Å². The fourth-order valence-electron chi connectivity index (χ4n) is 4.09. The van der Waals surface area contributed by atoms with Gasteiger partial charge in [-0.05, 0) is 61.0 Å². The van der Waals surface area contributed by atoms with Crippen molar-refractivity contribution in [2.75, 3.05) is 12.0 Å². The number of aromatic nitrogens is 2. The van der Waals surface area contributed by atoms with Gasteiger partial charge in [0.15, 0.2) is 11.5 Å². The first-order valence-corrected chi connectivity index (χ1v) is 10.8. The Balaban J connectivity index is 1.65. The maximum Gasteiger partial charge on any atom is 0.326 e. The second-order valence-corrected chi connectivity index (χ2v) is 7.91. The third kappa shape index (κ3) is 4.08. The number of ether oxygens (including phenoxy) is 1. The number of amides is 2. The number of aromatic hydroxyl groups is 1. The van der Waals surface area contributed by atoms with Gasteiger partial charge in [-0.15, -0.1) is 0 Å². The number of anilines is 1. The van der Waals surface area contributed by atoms with Gasteiger partial charge >= 0.3 is 6.03 Å². The van der Waals surface area contributed by atoms with Crippen LogP contribution >= 0.6 is 0 Å². The van der Waals surface area contributed by atoms with Crippen LogP contribution in [0.5, 0.6) is 11.5 Å². The highest BCUT2D eigenvalue weighted by atomic mass is 19.1. The molecule has 176 valence electrons. The number of phenolic OH excluding ortho intramolecular Hbond substituents is 1. The lowest BCUT2D eigenvalue weighted by Gasteiger charge is -2.35. The van der Waals surface area contributed by atoms with E-state index >= 15 is 0 Å². The minimum atomic E-state index is -0.694. The van der Waals surface area contributed by atoms with Gasteiger partial charge in [-0.2, -0.15) is 4.98 Å². The van der Waals surface area contributed by atoms with Gasteiger partial charge in [0, 0.05) is 11.3 Å². The topological polar surface area (TPSA) is 101 Å². The standard InChI is InChI=1S/C26H21FN4O4/c1-15-22(25-29-24(30-35-25)16-8-11-18(27)12-9-16)23(17-10-13-21(34-2)20(32)14-17)28-26(33)31(15)19-6-4-3-5-7-19/h3-14,23,32H,1-2H3,(H,28,33). The Morgan fingerprint density at radius 1 is 1.09 bits per heavy atom. The van der Waals surface area contributed by atoms with Gasteiger partial charge in [0.05, 0.1) is 24.4 Å². The monoisotopic (exact) mass is 472 g/mol. The van der Waals surface area contributed by atoms with E-state index in [1.807, 2.05) is 30.3 Å². The highest BCUT2D eigenvalue weighted by Gasteiger charge is 2.36. The number of nitrogens with one attached hydrogen (secondary N) is 1. The van der Waals surface area contributed by atoms with Gasteiger partial charge in [0.2, 0.25) is 5.82 Å². The molecule has 2 heterocycles. The van der Waals surface area contributed by atoms with Gasteiger partial charge in [0.25, 0.3) is 5.89 Å². The molecule has 2 N–H and O–H groups in total. The summed E-state index contributed by atoms with van der Waals surface area (Å²) in [7, 11) is 1.46. The predicted molar refractivity (Wildman–Crippen MR) is 127 cm³/mol. The van der Waals surface area contributed by atoms with E-state index in [4.69, 9.17) is 9.26 Å². The fraction of sp³-hybridized carbons (Fsp3) is 0.115. The number of hydrogen-bond donors (Lipinski definition) is 2. The Bertz CT molecular complexity index is 1420. The number of nitrogens with zero attached hydrogens (tertiary/aromatic N) is 3. The Kier molecular flexibility index (Phi) is 5.66. The summed E-state index contributed by atoms with van der Waals surface area (Å²) in [5.74, 6) is 0.325. The second kappa shape index (κ2) is 8.94. The van der Waals surface area contributed by atoms with Crippen molar-refractivity contribution in [2.45, 2.75) is 13.0 Å². The highest BCUT2D eigenvalue weighted by Crippen LogP contribution is 2.41. The molecule has 1 aliphatic heterocycles. The maximum atomic E-state index is 13.4. The van der Waals surface area contributed by atoms with E-state index in [1.165, 1.54) is 30.2 Å². The van der Waals surface area contributed by atoms with Gasteiger partial charge in [-0.1, -0.05) is 29.4 Å². The van der Waals surface area contributed by atoms with Crippen LogP contribution in [0, 0.1) is 5.82 Å². The number of rotatable bonds is 5. The van der Waals surface area contributed by atoms with E-state index in [0.29, 0.717) is 33.8 Å². The summed E-state index contributed by atoms with van der Waals surface area (Å²) in [6, 6.07) is 18.8. The van der Waals surface area contributed by atoms with Crippen molar-refractivity contribution in [1.82, 2.24) is 15.5 Å². The van der Waals surface area contributed by atoms with Crippen LogP contribution in [0.3, 0.4) is 0 Å². The molecule has 4 aromatic rings. The molecule has 5 rings (SSSR count). The normalized spacial score (nSPS) is 15.8. The molecule has 8 nitrogen and oxygen atoms in total. The number of carbonyl (C=O) groups excluding carboxylic acids is 1. The lowest BCUT2D eigenvalue weighted by Crippen LogP contribution is -2.46. The number of halogens is 1. The van der Waals surface area contributed by atoms with Crippen molar-refractivity contribution in [3.8, 4) is 22.9 Å². The van der Waals surface area contributed by atoms with Crippen molar-refractivity contribution in [3.05, 3.63) is 95.8 Å². The Hall–Kier alpha value is -4.66. The maximum absolute atomic E-state index is 13.4. The Morgan fingerprint density at radius 2 is 1.83 bits per heavy atom. The molecule has 35 heavy (non-hydrogen) atoms. The largest absolute Gasteiger partial charge is 0.504 e. The molecule has 0 saturated heterocycles. The number of allylic oxidation sites excluding steroid dienone is 1. The number of urea groups is 1. The minimum Gasteiger partial charge on any atom is -0.504 e. The molecule has 0 saturated carbocycles. The summed E-state index contributed by atoms with van der Waals surface area (Å²) in [6.45, 7) is 1.79. The zero-order chi connectivity index (χ0) is 24.5. The van der Waals surface area contributed by atoms with Gasteiger partial charge in [-0.3, -0.25) is 4.90 Å². The summed E-state index contributed by atoms with van der Waals surface area (Å²) >= 11 is 0. The van der Waals surface area contributed by atoms with E-state index in [-0.39, 0.29) is 29.3 Å². The fourth-order valence-corrected chi connectivity index (χ4v) is 4.09. The number of carbonyl (C=O) groups is 1. The van der Waals surface area contributed by atoms with Gasteiger partial charge < -0.3 is 19.7 Å². The lowest BCUT2D eigenvalue weighted by molar-refractivity contribution is 0.244. The Morgan fingerprint density at radius 3 is 2.51 bits per heavy atom. The summed E-state index contributed by atoms with van der Waals surface area (Å²) < 4.78 is 24.1. The van der Waals surface area contributed by atoms with E-state index in [0.717, 1.165) is 0 Å². The lowest BCUT2D eigenvalue weighted by atomic mass is 9.94. The first-order valence-electron chi connectivity index (χ1n) is 10.8. The molecule has 0 aliphatic carbocycles. The van der Waals surface area contributed by atoms with E-state index in [9.17, 15) is 14.3 Å². The number of phenols is 1. The molecule has 1 atom stereocenters. The van der Waals surface area contributed by atoms with Crippen LogP contribution in [0.25, 0.3) is 17.0 Å². The van der Waals surface area contributed by atoms with Crippen molar-refractivity contribution >= 4 is 17.3 Å². The molecule has 0 radical (unpaired) electrons. The van der Waals surface area contributed by atoms with Crippen LogP contribution in [-0.4, -0.2) is 28.4 Å². The first-order chi connectivity index (χ1) is 17.0. The molecule has 2 amide bonds. The molecule has 0 fully saturated rings. The number of para-hydroxylation sites is 1. The van der Waals surface area contributed by atoms with Crippen molar-refractivity contribution in [3.63, 3.8) is 0 Å². The molecule has 3 aromatic carbocycles. The minimum absolute atomic E-state index is 0.0701. The average molecular weight is 472 g/mol. The number of hydrogen-bond acceptors (Lipinski definition) is 6. The summed E-state index contributed by atoms with van der Waals surface area (Å²) in [4.78, 5) is 19.3. The van der Waals surface area contributed by atoms with Crippen LogP contribution in [0.4, 0.5) is 14.9 Å². The van der Waals surface area contributed by atoms with Crippen LogP contribution in [0.2, 0.25) is 0 Å². The van der Waals surface area contributed by atoms with E-state index < -0.39 is 6.04 Å². The summed E-state index contributed by atoms with van der Waals surface area (Å²) in [6.07, 6.45) is 0. The third-order valence-corrected chi connectivity index (χ3v) is 5.79. The molecule has 0 spiro atoms. The van der Waals surface area contributed by atoms with Crippen molar-refractivity contribution in [2.24, 2.45) is 0 Å². The van der Waals surface area contributed by atoms with Crippen LogP contribution < -0.4 is 15.0 Å². The quantitative estimate of drug-likeness (QED) is 0.409. The molecule has 1 aromatic heterocycles. The molecule has 1 unspecified atom stereocenters. The zero-order valence-corrected chi connectivity index (χ0v) is 18.9. The van der Waals surface area contributed by atoms with E-state index in [2.05, 4.69) is 15.5 Å². The van der Waals surface area contributed by atoms with Gasteiger partial charge in [0.1, 0.15) is 5.82 Å². The zero-order valence-electron chi connectivity index (χ0n) is 18.9. The SMILES string of the molecule is COc1ccc(C2NC(=O)N(c3ccccc3)C(C)=C2c2nc(-c3ccc(F)cc3)no2)cc1O. The van der Waals surface area contributed by atoms with E-state index in [1.54, 1.807) is 31.2 Å².